The van der Waals surface area contributed by atoms with Gasteiger partial charge in [-0.15, -0.1) is 0 Å². The first-order chi connectivity index (χ1) is 12.9. The molecule has 4 amide bonds. The molecule has 0 aromatic heterocycles. The zero-order valence-corrected chi connectivity index (χ0v) is 14.7. The highest BCUT2D eigenvalue weighted by Gasteiger charge is 2.32. The molecule has 2 N–H and O–H groups in total. The summed E-state index contributed by atoms with van der Waals surface area (Å²) in [6.07, 6.45) is 0. The molecule has 1 saturated heterocycles. The van der Waals surface area contributed by atoms with Crippen LogP contribution in [0.15, 0.2) is 48.5 Å². The van der Waals surface area contributed by atoms with Gasteiger partial charge in [0.2, 0.25) is 11.8 Å². The summed E-state index contributed by atoms with van der Waals surface area (Å²) < 4.78 is 13.9. The van der Waals surface area contributed by atoms with Crippen LogP contribution in [-0.4, -0.2) is 42.4 Å². The molecule has 0 saturated carbocycles. The van der Waals surface area contributed by atoms with Gasteiger partial charge in [0.05, 0.1) is 5.69 Å². The maximum absolute atomic E-state index is 13.9. The summed E-state index contributed by atoms with van der Waals surface area (Å²) in [6.45, 7) is 1.89. The van der Waals surface area contributed by atoms with Gasteiger partial charge in [0.25, 0.3) is 0 Å². The van der Waals surface area contributed by atoms with Crippen LogP contribution in [0.5, 0.6) is 0 Å². The van der Waals surface area contributed by atoms with Crippen molar-refractivity contribution in [3.05, 3.63) is 54.3 Å². The van der Waals surface area contributed by atoms with Gasteiger partial charge in [-0.05, 0) is 30.3 Å². The summed E-state index contributed by atoms with van der Waals surface area (Å²) in [5, 5.41) is 5.32. The number of nitrogens with one attached hydrogen (secondary N) is 2. The van der Waals surface area contributed by atoms with Crippen molar-refractivity contribution in [1.29, 1.82) is 0 Å². The van der Waals surface area contributed by atoms with Crippen LogP contribution in [0.4, 0.5) is 26.2 Å². The number of hydrogen-bond acceptors (Lipinski definition) is 3. The van der Waals surface area contributed by atoms with Gasteiger partial charge in [-0.1, -0.05) is 18.2 Å². The molecule has 1 aliphatic rings. The van der Waals surface area contributed by atoms with E-state index in [1.54, 1.807) is 36.4 Å². The van der Waals surface area contributed by atoms with Gasteiger partial charge in [-0.25, -0.2) is 9.18 Å². The number of para-hydroxylation sites is 1. The van der Waals surface area contributed by atoms with Crippen LogP contribution in [0.3, 0.4) is 0 Å². The standard InChI is InChI=1S/C19H19FN4O3/c1-13(25)21-14-5-4-6-15(11-14)22-18(26)12-23-9-10-24(19(23)27)17-8-3-2-7-16(17)20/h2-8,11H,9-10,12H2,1H3,(H,21,25)(H,22,26). The molecule has 0 spiro atoms. The number of amides is 4. The average Bonchev–Trinajstić information content (AvgIpc) is 2.95. The normalized spacial score (nSPS) is 13.6. The monoisotopic (exact) mass is 370 g/mol. The second kappa shape index (κ2) is 7.86. The first-order valence-electron chi connectivity index (χ1n) is 8.42. The minimum Gasteiger partial charge on any atom is -0.326 e. The van der Waals surface area contributed by atoms with Crippen LogP contribution in [0.2, 0.25) is 0 Å². The topological polar surface area (TPSA) is 81.8 Å². The van der Waals surface area contributed by atoms with Crippen molar-refractivity contribution < 1.29 is 18.8 Å². The molecule has 8 heteroatoms. The minimum absolute atomic E-state index is 0.145. The van der Waals surface area contributed by atoms with Crippen molar-refractivity contribution in [2.45, 2.75) is 6.92 Å². The van der Waals surface area contributed by atoms with Crippen LogP contribution in [-0.2, 0) is 9.59 Å². The Bertz CT molecular complexity index is 887. The van der Waals surface area contributed by atoms with Crippen molar-refractivity contribution in [3.8, 4) is 0 Å². The molecule has 0 radical (unpaired) electrons. The van der Waals surface area contributed by atoms with Crippen molar-refractivity contribution in [1.82, 2.24) is 4.90 Å². The van der Waals surface area contributed by atoms with Crippen LogP contribution in [0.25, 0.3) is 0 Å². The van der Waals surface area contributed by atoms with Crippen LogP contribution < -0.4 is 15.5 Å². The number of halogens is 1. The summed E-state index contributed by atoms with van der Waals surface area (Å²) in [7, 11) is 0. The van der Waals surface area contributed by atoms with E-state index in [-0.39, 0.29) is 24.0 Å². The SMILES string of the molecule is CC(=O)Nc1cccc(NC(=O)CN2CCN(c3ccccc3F)C2=O)c1. The smallest absolute Gasteiger partial charge is 0.325 e. The Hall–Kier alpha value is -3.42. The number of carbonyl (C=O) groups is 3. The number of benzene rings is 2. The van der Waals surface area contributed by atoms with E-state index in [2.05, 4.69) is 10.6 Å². The molecule has 140 valence electrons. The predicted octanol–water partition coefficient (Wildman–Crippen LogP) is 2.66. The first kappa shape index (κ1) is 18.4. The molecule has 27 heavy (non-hydrogen) atoms. The number of anilines is 3. The molecule has 2 aromatic rings. The molecule has 1 heterocycles. The lowest BCUT2D eigenvalue weighted by molar-refractivity contribution is -0.116. The number of nitrogens with zero attached hydrogens (tertiary/aromatic N) is 2. The molecule has 2 aromatic carbocycles. The molecule has 3 rings (SSSR count). The highest BCUT2D eigenvalue weighted by molar-refractivity contribution is 5.99. The molecule has 1 aliphatic heterocycles. The predicted molar refractivity (Wildman–Crippen MR) is 100 cm³/mol. The Morgan fingerprint density at radius 1 is 1.04 bits per heavy atom. The summed E-state index contributed by atoms with van der Waals surface area (Å²) in [5.74, 6) is -1.07. The number of carbonyl (C=O) groups excluding carboxylic acids is 3. The third-order valence-corrected chi connectivity index (χ3v) is 4.04. The van der Waals surface area contributed by atoms with E-state index in [9.17, 15) is 18.8 Å². The minimum atomic E-state index is -0.480. The molecular formula is C19H19FN4O3. The summed E-state index contributed by atoms with van der Waals surface area (Å²) in [4.78, 5) is 38.5. The number of rotatable bonds is 5. The Morgan fingerprint density at radius 2 is 1.74 bits per heavy atom. The summed E-state index contributed by atoms with van der Waals surface area (Å²) >= 11 is 0. The maximum Gasteiger partial charge on any atom is 0.325 e. The van der Waals surface area contributed by atoms with Gasteiger partial charge in [0.15, 0.2) is 0 Å². The largest absolute Gasteiger partial charge is 0.326 e. The fraction of sp³-hybridized carbons (Fsp3) is 0.211. The number of hydrogen-bond donors (Lipinski definition) is 2. The Balaban J connectivity index is 1.61. The Morgan fingerprint density at radius 3 is 2.44 bits per heavy atom. The van der Waals surface area contributed by atoms with Gasteiger partial charge >= 0.3 is 6.03 Å². The number of urea groups is 1. The van der Waals surface area contributed by atoms with Crippen molar-refractivity contribution in [2.75, 3.05) is 35.2 Å². The van der Waals surface area contributed by atoms with E-state index in [0.29, 0.717) is 24.5 Å². The molecular weight excluding hydrogens is 351 g/mol. The lowest BCUT2D eigenvalue weighted by Crippen LogP contribution is -2.37. The van der Waals surface area contributed by atoms with Crippen molar-refractivity contribution in [3.63, 3.8) is 0 Å². The highest BCUT2D eigenvalue weighted by atomic mass is 19.1. The molecule has 1 fully saturated rings. The molecule has 7 nitrogen and oxygen atoms in total. The molecule has 0 atom stereocenters. The second-order valence-electron chi connectivity index (χ2n) is 6.12. The van der Waals surface area contributed by atoms with Crippen LogP contribution >= 0.6 is 0 Å². The molecule has 0 aliphatic carbocycles. The summed E-state index contributed by atoms with van der Waals surface area (Å²) in [5.41, 5.74) is 1.26. The lowest BCUT2D eigenvalue weighted by atomic mass is 10.2. The van der Waals surface area contributed by atoms with Gasteiger partial charge in [-0.3, -0.25) is 14.5 Å². The third-order valence-electron chi connectivity index (χ3n) is 4.04. The average molecular weight is 370 g/mol. The van der Waals surface area contributed by atoms with Crippen LogP contribution in [0.1, 0.15) is 6.92 Å². The van der Waals surface area contributed by atoms with E-state index < -0.39 is 11.8 Å². The van der Waals surface area contributed by atoms with E-state index in [1.807, 2.05) is 0 Å². The van der Waals surface area contributed by atoms with Gasteiger partial charge < -0.3 is 15.5 Å². The zero-order valence-electron chi connectivity index (χ0n) is 14.7. The molecule has 0 bridgehead atoms. The third kappa shape index (κ3) is 4.41. The van der Waals surface area contributed by atoms with Crippen molar-refractivity contribution >= 4 is 34.9 Å². The quantitative estimate of drug-likeness (QED) is 0.849. The van der Waals surface area contributed by atoms with Gasteiger partial charge in [0.1, 0.15) is 12.4 Å². The summed E-state index contributed by atoms with van der Waals surface area (Å²) in [6, 6.07) is 12.3. The zero-order chi connectivity index (χ0) is 19.4. The fourth-order valence-corrected chi connectivity index (χ4v) is 2.88. The van der Waals surface area contributed by atoms with E-state index in [1.165, 1.54) is 28.9 Å². The molecule has 0 unspecified atom stereocenters. The lowest BCUT2D eigenvalue weighted by Gasteiger charge is -2.19. The van der Waals surface area contributed by atoms with E-state index >= 15 is 0 Å². The van der Waals surface area contributed by atoms with Crippen molar-refractivity contribution in [2.24, 2.45) is 0 Å². The van der Waals surface area contributed by atoms with Gasteiger partial charge in [-0.2, -0.15) is 0 Å². The maximum atomic E-state index is 13.9. The highest BCUT2D eigenvalue weighted by Crippen LogP contribution is 2.23. The fourth-order valence-electron chi connectivity index (χ4n) is 2.88. The van der Waals surface area contributed by atoms with Crippen LogP contribution in [0, 0.1) is 5.82 Å². The second-order valence-corrected chi connectivity index (χ2v) is 6.12. The van der Waals surface area contributed by atoms with E-state index in [4.69, 9.17) is 0 Å². The first-order valence-corrected chi connectivity index (χ1v) is 8.42. The van der Waals surface area contributed by atoms with E-state index in [0.717, 1.165) is 0 Å². The Kier molecular flexibility index (Phi) is 5.35. The van der Waals surface area contributed by atoms with Gasteiger partial charge in [0, 0.05) is 31.4 Å². The Labute approximate surface area is 155 Å².